The average molecular weight is 278 g/mol. The summed E-state index contributed by atoms with van der Waals surface area (Å²) in [5, 5.41) is 9.37. The van der Waals surface area contributed by atoms with Gasteiger partial charge >= 0.3 is 5.97 Å². The number of benzene rings is 1. The molecule has 1 aromatic carbocycles. The average Bonchev–Trinajstić information content (AvgIpc) is 2.39. The van der Waals surface area contributed by atoms with Crippen LogP contribution in [0.15, 0.2) is 18.2 Å². The first-order chi connectivity index (χ1) is 9.28. The molecule has 2 rings (SSSR count). The minimum absolute atomic E-state index is 0.349. The van der Waals surface area contributed by atoms with Gasteiger partial charge in [-0.1, -0.05) is 6.07 Å². The second kappa shape index (κ2) is 4.79. The second-order valence-corrected chi connectivity index (χ2v) is 5.30. The highest BCUT2D eigenvalue weighted by atomic mass is 16.5. The Bertz CT molecular complexity index is 568. The van der Waals surface area contributed by atoms with Crippen molar-refractivity contribution >= 4 is 17.6 Å². The van der Waals surface area contributed by atoms with Gasteiger partial charge < -0.3 is 15.6 Å². The van der Waals surface area contributed by atoms with Crippen LogP contribution in [0.5, 0.6) is 5.75 Å². The van der Waals surface area contributed by atoms with E-state index in [1.165, 1.54) is 18.7 Å². The van der Waals surface area contributed by atoms with Crippen LogP contribution in [0.25, 0.3) is 0 Å². The molecule has 1 atom stereocenters. The summed E-state index contributed by atoms with van der Waals surface area (Å²) < 4.78 is 5.55. The number of anilines is 1. The number of aliphatic carboxylic acids is 1. The van der Waals surface area contributed by atoms with E-state index in [1.807, 2.05) is 0 Å². The molecular formula is C14H18N2O4. The van der Waals surface area contributed by atoms with Gasteiger partial charge in [0.1, 0.15) is 11.3 Å². The maximum atomic E-state index is 12.3. The van der Waals surface area contributed by atoms with Crippen LogP contribution < -0.4 is 15.4 Å². The van der Waals surface area contributed by atoms with E-state index < -0.39 is 17.6 Å². The molecule has 1 aromatic rings. The predicted molar refractivity (Wildman–Crippen MR) is 73.6 cm³/mol. The number of hydrogen-bond acceptors (Lipinski definition) is 4. The molecule has 1 unspecified atom stereocenters. The number of fused-ring (bicyclic) bond motifs is 1. The summed E-state index contributed by atoms with van der Waals surface area (Å²) in [4.78, 5) is 25.0. The molecule has 0 saturated heterocycles. The summed E-state index contributed by atoms with van der Waals surface area (Å²) in [6, 6.07) is 5.17. The molecule has 3 N–H and O–H groups in total. The van der Waals surface area contributed by atoms with Gasteiger partial charge in [0.15, 0.2) is 6.10 Å². The molecule has 1 heterocycles. The van der Waals surface area contributed by atoms with Gasteiger partial charge in [-0.25, -0.2) is 4.79 Å². The molecule has 1 aliphatic rings. The van der Waals surface area contributed by atoms with E-state index in [1.54, 1.807) is 25.1 Å². The zero-order valence-electron chi connectivity index (χ0n) is 11.7. The van der Waals surface area contributed by atoms with Crippen LogP contribution in [0.1, 0.15) is 26.3 Å². The Morgan fingerprint density at radius 2 is 2.15 bits per heavy atom. The van der Waals surface area contributed by atoms with Crippen molar-refractivity contribution in [2.24, 2.45) is 5.73 Å². The fourth-order valence-electron chi connectivity index (χ4n) is 2.18. The molecule has 108 valence electrons. The van der Waals surface area contributed by atoms with Crippen LogP contribution in [0.3, 0.4) is 0 Å². The minimum Gasteiger partial charge on any atom is -0.480 e. The van der Waals surface area contributed by atoms with Gasteiger partial charge in [-0.15, -0.1) is 0 Å². The maximum Gasteiger partial charge on any atom is 0.329 e. The minimum atomic E-state index is -1.35. The first kappa shape index (κ1) is 14.3. The van der Waals surface area contributed by atoms with E-state index in [4.69, 9.17) is 10.5 Å². The Kier molecular flexibility index (Phi) is 3.43. The fraction of sp³-hybridized carbons (Fsp3) is 0.429. The summed E-state index contributed by atoms with van der Waals surface area (Å²) >= 11 is 0. The van der Waals surface area contributed by atoms with Crippen molar-refractivity contribution in [3.05, 3.63) is 23.8 Å². The SMILES string of the molecule is CC1Oc2cc(CN)ccc2N(C(C)(C)C(=O)O)C1=O. The lowest BCUT2D eigenvalue weighted by molar-refractivity contribution is -0.145. The van der Waals surface area contributed by atoms with E-state index >= 15 is 0 Å². The third-order valence-corrected chi connectivity index (χ3v) is 3.46. The van der Waals surface area contributed by atoms with Crippen molar-refractivity contribution in [1.82, 2.24) is 0 Å². The number of amides is 1. The highest BCUT2D eigenvalue weighted by molar-refractivity contribution is 6.05. The van der Waals surface area contributed by atoms with Crippen LogP contribution in [0.2, 0.25) is 0 Å². The van der Waals surface area contributed by atoms with E-state index in [2.05, 4.69) is 0 Å². The summed E-state index contributed by atoms with van der Waals surface area (Å²) in [5.74, 6) is -0.964. The molecule has 6 nitrogen and oxygen atoms in total. The number of nitrogens with two attached hydrogens (primary N) is 1. The van der Waals surface area contributed by atoms with Crippen LogP contribution in [-0.2, 0) is 16.1 Å². The monoisotopic (exact) mass is 278 g/mol. The van der Waals surface area contributed by atoms with Gasteiger partial charge in [-0.3, -0.25) is 9.69 Å². The lowest BCUT2D eigenvalue weighted by Crippen LogP contribution is -2.58. The number of ether oxygens (including phenoxy) is 1. The number of rotatable bonds is 3. The van der Waals surface area contributed by atoms with Gasteiger partial charge in [0.25, 0.3) is 5.91 Å². The number of carbonyl (C=O) groups excluding carboxylic acids is 1. The quantitative estimate of drug-likeness (QED) is 0.864. The highest BCUT2D eigenvalue weighted by Crippen LogP contribution is 2.38. The van der Waals surface area contributed by atoms with Gasteiger partial charge in [0.2, 0.25) is 0 Å². The van der Waals surface area contributed by atoms with Gasteiger partial charge in [0.05, 0.1) is 5.69 Å². The Morgan fingerprint density at radius 3 is 2.70 bits per heavy atom. The molecule has 0 fully saturated rings. The fourth-order valence-corrected chi connectivity index (χ4v) is 2.18. The highest BCUT2D eigenvalue weighted by Gasteiger charge is 2.44. The molecular weight excluding hydrogens is 260 g/mol. The van der Waals surface area contributed by atoms with E-state index in [0.717, 1.165) is 5.56 Å². The molecule has 20 heavy (non-hydrogen) atoms. The molecule has 6 heteroatoms. The number of carboxylic acids is 1. The number of carboxylic acid groups (broad SMARTS) is 1. The van der Waals surface area contributed by atoms with Gasteiger partial charge in [0, 0.05) is 6.54 Å². The van der Waals surface area contributed by atoms with E-state index in [9.17, 15) is 14.7 Å². The summed E-state index contributed by atoms with van der Waals surface area (Å²) in [7, 11) is 0. The molecule has 0 radical (unpaired) electrons. The Morgan fingerprint density at radius 1 is 1.50 bits per heavy atom. The van der Waals surface area contributed by atoms with Crippen molar-refractivity contribution in [3.8, 4) is 5.75 Å². The topological polar surface area (TPSA) is 92.9 Å². The molecule has 1 aliphatic heterocycles. The third-order valence-electron chi connectivity index (χ3n) is 3.46. The van der Waals surface area contributed by atoms with Crippen molar-refractivity contribution in [2.45, 2.75) is 39.0 Å². The largest absolute Gasteiger partial charge is 0.480 e. The van der Waals surface area contributed by atoms with Crippen LogP contribution in [0.4, 0.5) is 5.69 Å². The second-order valence-electron chi connectivity index (χ2n) is 5.30. The van der Waals surface area contributed by atoms with E-state index in [0.29, 0.717) is 18.0 Å². The van der Waals surface area contributed by atoms with E-state index in [-0.39, 0.29) is 5.91 Å². The Balaban J connectivity index is 2.58. The molecule has 0 spiro atoms. The van der Waals surface area contributed by atoms with Crippen molar-refractivity contribution in [3.63, 3.8) is 0 Å². The summed E-state index contributed by atoms with van der Waals surface area (Å²) in [6.07, 6.45) is -0.728. The molecule has 0 saturated carbocycles. The first-order valence-electron chi connectivity index (χ1n) is 6.36. The van der Waals surface area contributed by atoms with Gasteiger partial charge in [-0.05, 0) is 38.5 Å². The molecule has 0 aliphatic carbocycles. The zero-order chi connectivity index (χ0) is 15.1. The Hall–Kier alpha value is -2.08. The van der Waals surface area contributed by atoms with Crippen molar-refractivity contribution < 1.29 is 19.4 Å². The normalized spacial score (nSPS) is 18.5. The Labute approximate surface area is 117 Å². The number of hydrogen-bond donors (Lipinski definition) is 2. The maximum absolute atomic E-state index is 12.3. The molecule has 1 amide bonds. The van der Waals surface area contributed by atoms with Gasteiger partial charge in [-0.2, -0.15) is 0 Å². The lowest BCUT2D eigenvalue weighted by atomic mass is 9.98. The summed E-state index contributed by atoms with van der Waals surface area (Å²) in [5.41, 5.74) is 5.55. The third kappa shape index (κ3) is 2.12. The van der Waals surface area contributed by atoms with Crippen molar-refractivity contribution in [2.75, 3.05) is 4.90 Å². The summed E-state index contributed by atoms with van der Waals surface area (Å²) in [6.45, 7) is 4.93. The van der Waals surface area contributed by atoms with Crippen molar-refractivity contribution in [1.29, 1.82) is 0 Å². The zero-order valence-corrected chi connectivity index (χ0v) is 11.7. The van der Waals surface area contributed by atoms with Crippen LogP contribution >= 0.6 is 0 Å². The van der Waals surface area contributed by atoms with Crippen LogP contribution in [0, 0.1) is 0 Å². The number of carbonyl (C=O) groups is 2. The van der Waals surface area contributed by atoms with Crippen LogP contribution in [-0.4, -0.2) is 28.6 Å². The smallest absolute Gasteiger partial charge is 0.329 e. The molecule has 0 aromatic heterocycles. The first-order valence-corrected chi connectivity index (χ1v) is 6.36. The standard InChI is InChI=1S/C14H18N2O4/c1-8-12(17)16(14(2,3)13(18)19)10-5-4-9(7-15)6-11(10)20-8/h4-6,8H,7,15H2,1-3H3,(H,18,19). The predicted octanol–water partition coefficient (Wildman–Crippen LogP) is 1.12. The molecule has 0 bridgehead atoms. The lowest BCUT2D eigenvalue weighted by Gasteiger charge is -2.40. The number of nitrogens with zero attached hydrogens (tertiary/aromatic N) is 1.